The van der Waals surface area contributed by atoms with Crippen molar-refractivity contribution in [3.63, 3.8) is 0 Å². The van der Waals surface area contributed by atoms with Gasteiger partial charge in [-0.1, -0.05) is 44.2 Å². The van der Waals surface area contributed by atoms with E-state index in [4.69, 9.17) is 4.74 Å². The smallest absolute Gasteiger partial charge is 0.0858 e. The number of nitrogens with zero attached hydrogens (tertiary/aromatic N) is 8. The summed E-state index contributed by atoms with van der Waals surface area (Å²) in [6, 6.07) is 14.1. The maximum Gasteiger partial charge on any atom is 0.0858 e. The molecule has 0 N–H and O–H groups in total. The van der Waals surface area contributed by atoms with E-state index in [0.29, 0.717) is 54.3 Å². The average Bonchev–Trinajstić information content (AvgIpc) is 3.07. The molecule has 0 bridgehead atoms. The number of hydrogen-bond donors (Lipinski definition) is 0. The highest BCUT2D eigenvalue weighted by atomic mass is 16.5. The Balaban J connectivity index is -0.000000648. The molecular formula is C45H90N8O. The Kier molecular flexibility index (Phi) is 35.4. The number of benzene rings is 1. The van der Waals surface area contributed by atoms with Gasteiger partial charge in [-0.15, -0.1) is 0 Å². The highest BCUT2D eigenvalue weighted by Crippen LogP contribution is 2.07. The molecule has 0 heterocycles. The molecule has 0 atom stereocenters. The van der Waals surface area contributed by atoms with E-state index in [2.05, 4.69) is 195 Å². The number of hydrogen-bond acceptors (Lipinski definition) is 5. The van der Waals surface area contributed by atoms with E-state index in [1.54, 1.807) is 0 Å². The molecule has 54 heavy (non-hydrogen) atoms. The summed E-state index contributed by atoms with van der Waals surface area (Å²) in [4.78, 5) is 26.5. The maximum atomic E-state index is 5.32. The lowest BCUT2D eigenvalue weighted by molar-refractivity contribution is 0.127. The fourth-order valence-corrected chi connectivity index (χ4v) is 4.18. The summed E-state index contributed by atoms with van der Waals surface area (Å²) in [5.41, 5.74) is 1.33. The molecule has 0 saturated heterocycles. The van der Waals surface area contributed by atoms with Crippen LogP contribution >= 0.6 is 0 Å². The molecule has 1 aromatic carbocycles. The van der Waals surface area contributed by atoms with Gasteiger partial charge in [0.05, 0.1) is 32.0 Å². The van der Waals surface area contributed by atoms with Gasteiger partial charge in [-0.3, -0.25) is 20.0 Å². The van der Waals surface area contributed by atoms with Crippen molar-refractivity contribution >= 4 is 25.4 Å². The van der Waals surface area contributed by atoms with Crippen molar-refractivity contribution in [2.24, 2.45) is 25.9 Å². The lowest BCUT2D eigenvalue weighted by Crippen LogP contribution is -2.33. The number of aliphatic imine (C=N–C) groups is 4. The zero-order valence-corrected chi connectivity index (χ0v) is 39.1. The van der Waals surface area contributed by atoms with Gasteiger partial charge in [0, 0.05) is 81.1 Å². The molecular weight excluding hydrogens is 669 g/mol. The molecule has 0 spiro atoms. The van der Waals surface area contributed by atoms with E-state index in [0.717, 1.165) is 39.4 Å². The van der Waals surface area contributed by atoms with Crippen molar-refractivity contribution in [1.82, 2.24) is 19.6 Å². The summed E-state index contributed by atoms with van der Waals surface area (Å²) >= 11 is 0. The summed E-state index contributed by atoms with van der Waals surface area (Å²) in [7, 11) is 0. The minimum Gasteiger partial charge on any atom is -0.380 e. The van der Waals surface area contributed by atoms with Crippen LogP contribution in [0, 0.1) is 5.92 Å². The quantitative estimate of drug-likeness (QED) is 0.0709. The summed E-state index contributed by atoms with van der Waals surface area (Å²) in [5.74, 6) is 0.695. The van der Waals surface area contributed by atoms with Crippen LogP contribution in [0.5, 0.6) is 0 Å². The largest absolute Gasteiger partial charge is 0.380 e. The number of rotatable bonds is 21. The Morgan fingerprint density at radius 1 is 0.500 bits per heavy atom. The first-order chi connectivity index (χ1) is 25.2. The van der Waals surface area contributed by atoms with Gasteiger partial charge in [0.25, 0.3) is 0 Å². The highest BCUT2D eigenvalue weighted by Gasteiger charge is 2.08. The SMILES string of the molecule is CC(C)CN(C=NC(C)C)C(C)C.CC(C)N=CN(Cc1ccccc1)C(C)C.CCN(C=NC(C)C)C(C)C.CCOCCN(C=NC(C)C)C(C)C. The minimum absolute atomic E-state index is 0.358. The van der Waals surface area contributed by atoms with E-state index >= 15 is 0 Å². The van der Waals surface area contributed by atoms with Crippen molar-refractivity contribution in [3.8, 4) is 0 Å². The standard InChI is InChI=1S/C14H22N2.C11H24N2O.C11H24N2.C9H20N2/c1-12(2)15-11-16(13(3)4)10-14-8-6-5-7-9-14;1-6-14-8-7-13(11(4)5)9-12-10(2)3;1-9(2)7-13(11(5)6)8-12-10(3)4;1-6-11(9(4)5)7-10-8(2)3/h5-9,11-13H,10H2,1-4H3;9-11H,6-8H2,1-5H3;8-11H,7H2,1-6H3;7-9H,6H2,1-5H3. The normalized spacial score (nSPS) is 11.9. The van der Waals surface area contributed by atoms with Crippen LogP contribution in [-0.4, -0.2) is 126 Å². The van der Waals surface area contributed by atoms with Crippen LogP contribution in [0.25, 0.3) is 0 Å². The third-order valence-corrected chi connectivity index (χ3v) is 7.55. The summed E-state index contributed by atoms with van der Waals surface area (Å²) in [6.45, 7) is 48.4. The third kappa shape index (κ3) is 36.1. The van der Waals surface area contributed by atoms with Gasteiger partial charge in [-0.05, 0) is 136 Å². The molecule has 1 aromatic rings. The Bertz CT molecular complexity index is 1060. The van der Waals surface area contributed by atoms with Crippen molar-refractivity contribution in [1.29, 1.82) is 0 Å². The van der Waals surface area contributed by atoms with Crippen LogP contribution in [0.4, 0.5) is 0 Å². The fourth-order valence-electron chi connectivity index (χ4n) is 4.18. The van der Waals surface area contributed by atoms with E-state index in [1.807, 2.05) is 38.3 Å². The van der Waals surface area contributed by atoms with Gasteiger partial charge >= 0.3 is 0 Å². The predicted molar refractivity (Wildman–Crippen MR) is 244 cm³/mol. The van der Waals surface area contributed by atoms with E-state index < -0.39 is 0 Å². The monoisotopic (exact) mass is 759 g/mol. The molecule has 0 saturated carbocycles. The zero-order valence-electron chi connectivity index (χ0n) is 39.1. The molecule has 0 aliphatic carbocycles. The molecule has 1 rings (SSSR count). The first kappa shape index (κ1) is 55.4. The van der Waals surface area contributed by atoms with E-state index in [9.17, 15) is 0 Å². The lowest BCUT2D eigenvalue weighted by Gasteiger charge is -2.26. The van der Waals surface area contributed by atoms with Crippen LogP contribution in [0.3, 0.4) is 0 Å². The second-order valence-corrected chi connectivity index (χ2v) is 16.3. The van der Waals surface area contributed by atoms with Gasteiger partial charge in [0.2, 0.25) is 0 Å². The van der Waals surface area contributed by atoms with Crippen LogP contribution in [0.15, 0.2) is 50.3 Å². The molecule has 0 aliphatic rings. The van der Waals surface area contributed by atoms with Crippen molar-refractivity contribution in [2.45, 2.75) is 193 Å². The first-order valence-electron chi connectivity index (χ1n) is 21.0. The predicted octanol–water partition coefficient (Wildman–Crippen LogP) is 10.4. The molecule has 0 amide bonds. The van der Waals surface area contributed by atoms with Crippen molar-refractivity contribution in [3.05, 3.63) is 35.9 Å². The van der Waals surface area contributed by atoms with Crippen LogP contribution in [0.1, 0.15) is 144 Å². The molecule has 0 radical (unpaired) electrons. The van der Waals surface area contributed by atoms with Gasteiger partial charge in [-0.25, -0.2) is 0 Å². The summed E-state index contributed by atoms with van der Waals surface area (Å²) in [6.07, 6.45) is 7.86. The van der Waals surface area contributed by atoms with Crippen molar-refractivity contribution in [2.75, 3.05) is 32.8 Å². The average molecular weight is 759 g/mol. The second-order valence-electron chi connectivity index (χ2n) is 16.3. The van der Waals surface area contributed by atoms with Gasteiger partial charge in [0.15, 0.2) is 0 Å². The van der Waals surface area contributed by atoms with Gasteiger partial charge in [-0.2, -0.15) is 0 Å². The van der Waals surface area contributed by atoms with Gasteiger partial charge in [0.1, 0.15) is 0 Å². The topological polar surface area (TPSA) is 71.6 Å². The molecule has 9 nitrogen and oxygen atoms in total. The maximum absolute atomic E-state index is 5.32. The minimum atomic E-state index is 0.358. The Hall–Kier alpha value is -2.94. The van der Waals surface area contributed by atoms with Crippen LogP contribution in [0.2, 0.25) is 0 Å². The fraction of sp³-hybridized carbons (Fsp3) is 0.778. The lowest BCUT2D eigenvalue weighted by atomic mass is 10.2. The Morgan fingerprint density at radius 2 is 0.870 bits per heavy atom. The first-order valence-corrected chi connectivity index (χ1v) is 21.0. The second kappa shape index (κ2) is 34.5. The summed E-state index contributed by atoms with van der Waals surface area (Å²) in [5, 5.41) is 0. The molecule has 0 aliphatic heterocycles. The zero-order chi connectivity index (χ0) is 42.2. The van der Waals surface area contributed by atoms with E-state index in [-0.39, 0.29) is 0 Å². The van der Waals surface area contributed by atoms with Crippen molar-refractivity contribution < 1.29 is 4.74 Å². The Labute approximate surface area is 336 Å². The van der Waals surface area contributed by atoms with Crippen LogP contribution in [-0.2, 0) is 11.3 Å². The van der Waals surface area contributed by atoms with Gasteiger partial charge < -0.3 is 24.3 Å². The third-order valence-electron chi connectivity index (χ3n) is 7.55. The molecule has 9 heteroatoms. The molecule has 0 fully saturated rings. The molecule has 0 aromatic heterocycles. The Morgan fingerprint density at radius 3 is 1.20 bits per heavy atom. The number of ether oxygens (including phenoxy) is 1. The van der Waals surface area contributed by atoms with Crippen LogP contribution < -0.4 is 0 Å². The van der Waals surface area contributed by atoms with E-state index in [1.165, 1.54) is 5.56 Å². The molecule has 316 valence electrons. The molecule has 0 unspecified atom stereocenters. The highest BCUT2D eigenvalue weighted by molar-refractivity contribution is 5.56. The summed E-state index contributed by atoms with van der Waals surface area (Å²) < 4.78 is 5.32.